The van der Waals surface area contributed by atoms with Gasteiger partial charge in [0.1, 0.15) is 0 Å². The maximum atomic E-state index is 11.9. The molecule has 0 spiro atoms. The van der Waals surface area contributed by atoms with Gasteiger partial charge >= 0.3 is 6.03 Å². The Hall–Kier alpha value is -2.14. The van der Waals surface area contributed by atoms with E-state index >= 15 is 0 Å². The number of benzene rings is 2. The van der Waals surface area contributed by atoms with Crippen LogP contribution in [-0.4, -0.2) is 12.1 Å². The molecule has 25 heavy (non-hydrogen) atoms. The summed E-state index contributed by atoms with van der Waals surface area (Å²) in [6, 6.07) is 18.2. The molecule has 0 radical (unpaired) electrons. The molecule has 0 heterocycles. The van der Waals surface area contributed by atoms with Gasteiger partial charge in [0.2, 0.25) is 0 Å². The van der Waals surface area contributed by atoms with Crippen LogP contribution in [0, 0.1) is 0 Å². The quantitative estimate of drug-likeness (QED) is 0.645. The SMILES string of the molecule is CC(Cc1ccccc1)NC(=O)NSNc1ccc(C(C)(C)C)cc1. The van der Waals surface area contributed by atoms with Crippen molar-refractivity contribution in [1.82, 2.24) is 10.0 Å². The molecule has 2 aromatic carbocycles. The lowest BCUT2D eigenvalue weighted by molar-refractivity contribution is 0.243. The van der Waals surface area contributed by atoms with Crippen LogP contribution in [0.2, 0.25) is 0 Å². The summed E-state index contributed by atoms with van der Waals surface area (Å²) < 4.78 is 5.87. The minimum atomic E-state index is -0.202. The Bertz CT molecular complexity index is 666. The Kier molecular flexibility index (Phi) is 6.76. The third-order valence-corrected chi connectivity index (χ3v) is 4.45. The lowest BCUT2D eigenvalue weighted by Crippen LogP contribution is -2.39. The van der Waals surface area contributed by atoms with E-state index < -0.39 is 0 Å². The molecule has 2 rings (SSSR count). The molecule has 0 saturated carbocycles. The smallest absolute Gasteiger partial charge is 0.326 e. The zero-order valence-corrected chi connectivity index (χ0v) is 16.1. The van der Waals surface area contributed by atoms with Crippen LogP contribution in [0.1, 0.15) is 38.8 Å². The van der Waals surface area contributed by atoms with Gasteiger partial charge in [-0.25, -0.2) is 4.79 Å². The Morgan fingerprint density at radius 3 is 2.28 bits per heavy atom. The number of hydrogen-bond donors (Lipinski definition) is 3. The minimum absolute atomic E-state index is 0.0640. The van der Waals surface area contributed by atoms with Gasteiger partial charge in [0.15, 0.2) is 0 Å². The van der Waals surface area contributed by atoms with Crippen LogP contribution in [0.15, 0.2) is 54.6 Å². The van der Waals surface area contributed by atoms with Gasteiger partial charge in [0.05, 0.1) is 12.1 Å². The Labute approximate surface area is 155 Å². The van der Waals surface area contributed by atoms with E-state index in [-0.39, 0.29) is 17.5 Å². The summed E-state index contributed by atoms with van der Waals surface area (Å²) in [5, 5.41) is 2.93. The molecule has 1 atom stereocenters. The second-order valence-electron chi connectivity index (χ2n) is 7.20. The van der Waals surface area contributed by atoms with Gasteiger partial charge in [-0.2, -0.15) is 0 Å². The largest absolute Gasteiger partial charge is 0.335 e. The second-order valence-corrected chi connectivity index (χ2v) is 7.81. The number of anilines is 1. The van der Waals surface area contributed by atoms with Crippen molar-refractivity contribution in [2.24, 2.45) is 0 Å². The maximum Gasteiger partial charge on any atom is 0.326 e. The standard InChI is InChI=1S/C20H27N3OS/c1-15(14-16-8-6-5-7-9-16)21-19(24)23-25-22-18-12-10-17(11-13-18)20(2,3)4/h5-13,15,22H,14H2,1-4H3,(H2,21,23,24). The van der Waals surface area contributed by atoms with E-state index in [1.807, 2.05) is 37.3 Å². The highest BCUT2D eigenvalue weighted by Crippen LogP contribution is 2.24. The molecular weight excluding hydrogens is 330 g/mol. The Balaban J connectivity index is 1.71. The molecule has 2 aromatic rings. The summed E-state index contributed by atoms with van der Waals surface area (Å²) in [6.45, 7) is 8.56. The van der Waals surface area contributed by atoms with Crippen LogP contribution in [0.4, 0.5) is 10.5 Å². The highest BCUT2D eigenvalue weighted by molar-refractivity contribution is 7.99. The van der Waals surface area contributed by atoms with Crippen molar-refractivity contribution in [1.29, 1.82) is 0 Å². The van der Waals surface area contributed by atoms with Crippen LogP contribution in [0.3, 0.4) is 0 Å². The van der Waals surface area contributed by atoms with Crippen molar-refractivity contribution >= 4 is 23.9 Å². The maximum absolute atomic E-state index is 11.9. The number of hydrogen-bond acceptors (Lipinski definition) is 3. The van der Waals surface area contributed by atoms with Crippen molar-refractivity contribution in [3.8, 4) is 0 Å². The van der Waals surface area contributed by atoms with Crippen molar-refractivity contribution in [3.05, 3.63) is 65.7 Å². The molecule has 0 aliphatic heterocycles. The van der Waals surface area contributed by atoms with Crippen LogP contribution in [-0.2, 0) is 11.8 Å². The Morgan fingerprint density at radius 2 is 1.68 bits per heavy atom. The average molecular weight is 358 g/mol. The molecule has 0 bridgehead atoms. The van der Waals surface area contributed by atoms with E-state index in [9.17, 15) is 4.79 Å². The summed E-state index contributed by atoms with van der Waals surface area (Å²) >= 11 is 1.16. The van der Waals surface area contributed by atoms with E-state index in [0.29, 0.717) is 0 Å². The fraction of sp³-hybridized carbons (Fsp3) is 0.350. The number of urea groups is 1. The molecule has 3 N–H and O–H groups in total. The first-order chi connectivity index (χ1) is 11.8. The molecular formula is C20H27N3OS. The van der Waals surface area contributed by atoms with Gasteiger partial charge in [0.25, 0.3) is 0 Å². The molecule has 0 fully saturated rings. The van der Waals surface area contributed by atoms with Gasteiger partial charge in [-0.1, -0.05) is 63.2 Å². The lowest BCUT2D eigenvalue weighted by Gasteiger charge is -2.19. The van der Waals surface area contributed by atoms with Crippen LogP contribution < -0.4 is 14.8 Å². The predicted octanol–water partition coefficient (Wildman–Crippen LogP) is 4.89. The van der Waals surface area contributed by atoms with E-state index in [2.05, 4.69) is 59.8 Å². The molecule has 0 aromatic heterocycles. The van der Waals surface area contributed by atoms with Gasteiger partial charge in [0, 0.05) is 11.7 Å². The normalized spacial score (nSPS) is 12.3. The Morgan fingerprint density at radius 1 is 1.04 bits per heavy atom. The molecule has 134 valence electrons. The summed E-state index contributed by atoms with van der Waals surface area (Å²) in [5.41, 5.74) is 3.58. The molecule has 4 nitrogen and oxygen atoms in total. The van der Waals surface area contributed by atoms with Crippen molar-refractivity contribution in [2.75, 3.05) is 4.72 Å². The monoisotopic (exact) mass is 357 g/mol. The minimum Gasteiger partial charge on any atom is -0.335 e. The molecule has 0 saturated heterocycles. The van der Waals surface area contributed by atoms with Gasteiger partial charge in [-0.15, -0.1) is 0 Å². The van der Waals surface area contributed by atoms with Crippen molar-refractivity contribution in [2.45, 2.75) is 45.6 Å². The number of carbonyl (C=O) groups excluding carboxylic acids is 1. The number of nitrogens with one attached hydrogen (secondary N) is 3. The third kappa shape index (κ3) is 6.70. The second kappa shape index (κ2) is 8.81. The molecule has 0 aliphatic rings. The van der Waals surface area contributed by atoms with Gasteiger partial charge in [-0.05, 0) is 42.0 Å². The summed E-state index contributed by atoms with van der Waals surface area (Å²) in [5.74, 6) is 0. The van der Waals surface area contributed by atoms with Crippen LogP contribution in [0.25, 0.3) is 0 Å². The first kappa shape index (κ1) is 19.2. The number of amides is 2. The summed E-state index contributed by atoms with van der Waals surface area (Å²) in [4.78, 5) is 11.9. The van der Waals surface area contributed by atoms with Crippen molar-refractivity contribution < 1.29 is 4.79 Å². The van der Waals surface area contributed by atoms with E-state index in [1.165, 1.54) is 11.1 Å². The van der Waals surface area contributed by atoms with Gasteiger partial charge in [-0.3, -0.25) is 4.72 Å². The predicted molar refractivity (Wildman–Crippen MR) is 108 cm³/mol. The van der Waals surface area contributed by atoms with Crippen molar-refractivity contribution in [3.63, 3.8) is 0 Å². The fourth-order valence-electron chi connectivity index (χ4n) is 2.44. The number of rotatable bonds is 6. The highest BCUT2D eigenvalue weighted by atomic mass is 32.2. The van der Waals surface area contributed by atoms with Crippen LogP contribution >= 0.6 is 12.1 Å². The first-order valence-electron chi connectivity index (χ1n) is 8.47. The van der Waals surface area contributed by atoms with E-state index in [0.717, 1.165) is 24.2 Å². The molecule has 2 amide bonds. The molecule has 5 heteroatoms. The molecule has 0 aliphatic carbocycles. The highest BCUT2D eigenvalue weighted by Gasteiger charge is 2.13. The number of carbonyl (C=O) groups is 1. The topological polar surface area (TPSA) is 53.2 Å². The molecule has 1 unspecified atom stereocenters. The summed E-state index contributed by atoms with van der Waals surface area (Å²) in [7, 11) is 0. The zero-order valence-electron chi connectivity index (χ0n) is 15.3. The lowest BCUT2D eigenvalue weighted by atomic mass is 9.87. The fourth-order valence-corrected chi connectivity index (χ4v) is 2.90. The van der Waals surface area contributed by atoms with Crippen LogP contribution in [0.5, 0.6) is 0 Å². The average Bonchev–Trinajstić information content (AvgIpc) is 2.55. The zero-order chi connectivity index (χ0) is 18.3. The van der Waals surface area contributed by atoms with E-state index in [1.54, 1.807) is 0 Å². The van der Waals surface area contributed by atoms with Gasteiger partial charge < -0.3 is 10.0 Å². The summed E-state index contributed by atoms with van der Waals surface area (Å²) in [6.07, 6.45) is 0.806. The first-order valence-corrected chi connectivity index (χ1v) is 9.29. The van der Waals surface area contributed by atoms with E-state index in [4.69, 9.17) is 0 Å². The third-order valence-electron chi connectivity index (χ3n) is 3.83.